The Morgan fingerprint density at radius 1 is 1.21 bits per heavy atom. The van der Waals surface area contributed by atoms with Crippen molar-refractivity contribution in [3.63, 3.8) is 0 Å². The number of ketones is 2. The van der Waals surface area contributed by atoms with Crippen molar-refractivity contribution in [2.75, 3.05) is 0 Å². The second-order valence-electron chi connectivity index (χ2n) is 5.53. The fraction of sp³-hybridized carbons (Fsp3) is 0.333. The van der Waals surface area contributed by atoms with Crippen LogP contribution in [0.1, 0.15) is 42.6 Å². The Morgan fingerprint density at radius 2 is 1.95 bits per heavy atom. The molecule has 19 heavy (non-hydrogen) atoms. The number of Topliss-reactive ketones (excluding diaryl/α,β-unsaturated/α-hetero) is 2. The number of aromatic hydroxyl groups is 1. The quantitative estimate of drug-likeness (QED) is 0.726. The highest BCUT2D eigenvalue weighted by Gasteiger charge is 2.40. The number of carbonyl (C=O) groups excluding carboxylic acids is 2. The van der Waals surface area contributed by atoms with Gasteiger partial charge in [0, 0.05) is 11.1 Å². The molecule has 1 aromatic carbocycles. The van der Waals surface area contributed by atoms with Crippen LogP contribution in [0.4, 0.5) is 0 Å². The fourth-order valence-electron chi connectivity index (χ4n) is 2.58. The van der Waals surface area contributed by atoms with Crippen molar-refractivity contribution >= 4 is 17.3 Å². The molecule has 1 aromatic rings. The van der Waals surface area contributed by atoms with E-state index in [2.05, 4.69) is 0 Å². The summed E-state index contributed by atoms with van der Waals surface area (Å²) in [5, 5.41) is 9.81. The first-order valence-electron chi connectivity index (χ1n) is 6.24. The lowest BCUT2D eigenvalue weighted by Crippen LogP contribution is -2.34. The average Bonchev–Trinajstić information content (AvgIpc) is 2.34. The molecular formula is C15H14O4. The van der Waals surface area contributed by atoms with E-state index in [1.54, 1.807) is 12.1 Å². The number of benzene rings is 1. The molecule has 3 rings (SSSR count). The van der Waals surface area contributed by atoms with Crippen molar-refractivity contribution in [1.82, 2.24) is 0 Å². The van der Waals surface area contributed by atoms with Crippen molar-refractivity contribution in [1.29, 1.82) is 0 Å². The van der Waals surface area contributed by atoms with E-state index in [0.717, 1.165) is 0 Å². The van der Waals surface area contributed by atoms with Crippen molar-refractivity contribution in [3.8, 4) is 5.75 Å². The predicted octanol–water partition coefficient (Wildman–Crippen LogP) is 2.46. The van der Waals surface area contributed by atoms with Crippen LogP contribution in [-0.2, 0) is 9.53 Å². The van der Waals surface area contributed by atoms with E-state index >= 15 is 0 Å². The van der Waals surface area contributed by atoms with Crippen LogP contribution in [0, 0.1) is 0 Å². The molecule has 0 fully saturated rings. The molecule has 1 aliphatic carbocycles. The zero-order valence-electron chi connectivity index (χ0n) is 10.8. The van der Waals surface area contributed by atoms with Gasteiger partial charge in [-0.1, -0.05) is 12.1 Å². The zero-order valence-corrected chi connectivity index (χ0v) is 10.8. The number of phenolic OH excluding ortho intramolecular Hbond substituents is 1. The molecule has 0 bridgehead atoms. The molecule has 4 nitrogen and oxygen atoms in total. The highest BCUT2D eigenvalue weighted by atomic mass is 16.5. The molecule has 1 heterocycles. The number of carbonyl (C=O) groups is 2. The minimum Gasteiger partial charge on any atom is -0.507 e. The van der Waals surface area contributed by atoms with Gasteiger partial charge in [-0.05, 0) is 32.8 Å². The first kappa shape index (κ1) is 12.0. The van der Waals surface area contributed by atoms with Gasteiger partial charge in [-0.3, -0.25) is 9.59 Å². The van der Waals surface area contributed by atoms with E-state index in [-0.39, 0.29) is 16.9 Å². The lowest BCUT2D eigenvalue weighted by Gasteiger charge is -2.36. The van der Waals surface area contributed by atoms with Gasteiger partial charge >= 0.3 is 0 Å². The number of rotatable bonds is 0. The van der Waals surface area contributed by atoms with Crippen LogP contribution in [-0.4, -0.2) is 22.3 Å². The lowest BCUT2D eigenvalue weighted by atomic mass is 9.82. The smallest absolute Gasteiger partial charge is 0.237 e. The molecule has 0 unspecified atom stereocenters. The van der Waals surface area contributed by atoms with Gasteiger partial charge in [0.05, 0.1) is 5.56 Å². The summed E-state index contributed by atoms with van der Waals surface area (Å²) in [7, 11) is 0. The van der Waals surface area contributed by atoms with Gasteiger partial charge in [-0.25, -0.2) is 0 Å². The van der Waals surface area contributed by atoms with Crippen LogP contribution in [0.3, 0.4) is 0 Å². The Labute approximate surface area is 110 Å². The van der Waals surface area contributed by atoms with Crippen molar-refractivity contribution < 1.29 is 19.4 Å². The van der Waals surface area contributed by atoms with Gasteiger partial charge in [-0.2, -0.15) is 0 Å². The number of ether oxygens (including phenoxy) is 1. The Balaban J connectivity index is 2.27. The summed E-state index contributed by atoms with van der Waals surface area (Å²) in [5.74, 6) is -0.921. The summed E-state index contributed by atoms with van der Waals surface area (Å²) in [6.45, 7) is 3.89. The van der Waals surface area contributed by atoms with Crippen LogP contribution in [0.25, 0.3) is 5.76 Å². The number of allylic oxidation sites excluding steroid dienone is 1. The van der Waals surface area contributed by atoms with Crippen molar-refractivity contribution in [3.05, 3.63) is 34.9 Å². The molecule has 0 radical (unpaired) electrons. The Morgan fingerprint density at radius 3 is 2.68 bits per heavy atom. The van der Waals surface area contributed by atoms with Crippen LogP contribution >= 0.6 is 0 Å². The summed E-state index contributed by atoms with van der Waals surface area (Å²) in [6.07, 6.45) is 1.22. The van der Waals surface area contributed by atoms with Crippen molar-refractivity contribution in [2.45, 2.75) is 32.3 Å². The maximum atomic E-state index is 12.1. The van der Waals surface area contributed by atoms with Crippen LogP contribution in [0.5, 0.6) is 5.75 Å². The zero-order chi connectivity index (χ0) is 13.8. The summed E-state index contributed by atoms with van der Waals surface area (Å²) in [5.41, 5.74) is 0.640. The van der Waals surface area contributed by atoms with E-state index in [1.165, 1.54) is 6.07 Å². The molecule has 0 aromatic heterocycles. The predicted molar refractivity (Wildman–Crippen MR) is 68.8 cm³/mol. The normalized spacial score (nSPS) is 20.7. The van der Waals surface area contributed by atoms with E-state index < -0.39 is 11.6 Å². The standard InChI is InChI=1S/C15H14O4/c1-15(2)7-6-9-12(17)13(18)11-8(14(9)19-15)4-3-5-10(11)16/h3-5,16H,6-7H2,1-2H3. The SMILES string of the molecule is CC1(C)CCC2=C(O1)c1cccc(O)c1C(=O)C2=O. The molecular weight excluding hydrogens is 244 g/mol. The van der Waals surface area contributed by atoms with Crippen LogP contribution in [0.2, 0.25) is 0 Å². The minimum absolute atomic E-state index is 0.0592. The van der Waals surface area contributed by atoms with Gasteiger partial charge in [0.2, 0.25) is 11.6 Å². The molecule has 1 N–H and O–H groups in total. The highest BCUT2D eigenvalue weighted by molar-refractivity contribution is 6.52. The molecule has 0 saturated carbocycles. The first-order chi connectivity index (χ1) is 8.91. The molecule has 0 amide bonds. The van der Waals surface area contributed by atoms with E-state index in [9.17, 15) is 14.7 Å². The summed E-state index contributed by atoms with van der Waals surface area (Å²) >= 11 is 0. The van der Waals surface area contributed by atoms with Crippen LogP contribution in [0.15, 0.2) is 23.8 Å². The molecule has 0 saturated heterocycles. The van der Waals surface area contributed by atoms with Gasteiger partial charge in [0.15, 0.2) is 0 Å². The Bertz CT molecular complexity index is 638. The summed E-state index contributed by atoms with van der Waals surface area (Å²) < 4.78 is 5.87. The summed E-state index contributed by atoms with van der Waals surface area (Å²) in [4.78, 5) is 24.1. The third kappa shape index (κ3) is 1.67. The van der Waals surface area contributed by atoms with Crippen molar-refractivity contribution in [2.24, 2.45) is 0 Å². The third-order valence-corrected chi connectivity index (χ3v) is 3.62. The topological polar surface area (TPSA) is 63.6 Å². The second kappa shape index (κ2) is 3.70. The van der Waals surface area contributed by atoms with Gasteiger partial charge in [0.1, 0.15) is 17.1 Å². The van der Waals surface area contributed by atoms with E-state index in [4.69, 9.17) is 4.74 Å². The van der Waals surface area contributed by atoms with Gasteiger partial charge < -0.3 is 9.84 Å². The fourth-order valence-corrected chi connectivity index (χ4v) is 2.58. The van der Waals surface area contributed by atoms with Gasteiger partial charge in [-0.15, -0.1) is 0 Å². The highest BCUT2D eigenvalue weighted by Crippen LogP contribution is 2.42. The Kier molecular flexibility index (Phi) is 2.33. The molecule has 98 valence electrons. The maximum absolute atomic E-state index is 12.1. The molecule has 2 aliphatic rings. The number of hydrogen-bond acceptors (Lipinski definition) is 4. The molecule has 0 spiro atoms. The number of hydrogen-bond donors (Lipinski definition) is 1. The second-order valence-corrected chi connectivity index (χ2v) is 5.53. The van der Waals surface area contributed by atoms with E-state index in [0.29, 0.717) is 29.7 Å². The molecule has 4 heteroatoms. The van der Waals surface area contributed by atoms with Gasteiger partial charge in [0.25, 0.3) is 0 Å². The summed E-state index contributed by atoms with van der Waals surface area (Å²) in [6, 6.07) is 4.76. The van der Waals surface area contributed by atoms with Crippen LogP contribution < -0.4 is 0 Å². The molecule has 1 aliphatic heterocycles. The average molecular weight is 258 g/mol. The largest absolute Gasteiger partial charge is 0.507 e. The number of phenols is 1. The third-order valence-electron chi connectivity index (χ3n) is 3.62. The first-order valence-corrected chi connectivity index (χ1v) is 6.24. The Hall–Kier alpha value is -2.10. The lowest BCUT2D eigenvalue weighted by molar-refractivity contribution is -0.112. The van der Waals surface area contributed by atoms with E-state index in [1.807, 2.05) is 13.8 Å². The molecule has 0 atom stereocenters. The monoisotopic (exact) mass is 258 g/mol. The maximum Gasteiger partial charge on any atom is 0.237 e. The number of fused-ring (bicyclic) bond motifs is 2. The minimum atomic E-state index is -0.643.